The van der Waals surface area contributed by atoms with Gasteiger partial charge in [-0.1, -0.05) is 25.0 Å². The van der Waals surface area contributed by atoms with E-state index < -0.39 is 6.09 Å². The second-order valence-corrected chi connectivity index (χ2v) is 6.90. The van der Waals surface area contributed by atoms with Crippen LogP contribution >= 0.6 is 0 Å². The molecule has 1 saturated heterocycles. The summed E-state index contributed by atoms with van der Waals surface area (Å²) >= 11 is 0. The first-order valence-electron chi connectivity index (χ1n) is 8.93. The Morgan fingerprint density at radius 1 is 1.09 bits per heavy atom. The maximum absolute atomic E-state index is 10.9. The van der Waals surface area contributed by atoms with Gasteiger partial charge in [-0.15, -0.1) is 0 Å². The Labute approximate surface area is 138 Å². The number of amides is 1. The van der Waals surface area contributed by atoms with Gasteiger partial charge in [-0.25, -0.2) is 4.79 Å². The first-order valence-corrected chi connectivity index (χ1v) is 8.93. The molecule has 4 nitrogen and oxygen atoms in total. The number of hydrogen-bond donors (Lipinski definition) is 1. The number of likely N-dealkylation sites (tertiary alicyclic amines) is 1. The molecule has 1 heterocycles. The van der Waals surface area contributed by atoms with Crippen LogP contribution < -0.4 is 4.74 Å². The molecule has 1 aliphatic heterocycles. The normalized spacial score (nSPS) is 19.9. The van der Waals surface area contributed by atoms with Crippen LogP contribution in [0.25, 0.3) is 0 Å². The summed E-state index contributed by atoms with van der Waals surface area (Å²) in [5.74, 6) is 2.29. The van der Waals surface area contributed by atoms with Crippen molar-refractivity contribution < 1.29 is 14.6 Å². The number of benzene rings is 1. The van der Waals surface area contributed by atoms with Gasteiger partial charge in [0.05, 0.1) is 6.61 Å². The van der Waals surface area contributed by atoms with Crippen molar-refractivity contribution >= 4 is 6.09 Å². The third kappa shape index (κ3) is 4.40. The molecule has 0 aromatic heterocycles. The Kier molecular flexibility index (Phi) is 5.42. The van der Waals surface area contributed by atoms with Crippen LogP contribution in [0.1, 0.15) is 56.4 Å². The van der Waals surface area contributed by atoms with E-state index in [0.29, 0.717) is 19.0 Å². The Morgan fingerprint density at radius 3 is 2.35 bits per heavy atom. The second kappa shape index (κ2) is 7.71. The molecule has 1 aromatic rings. The molecule has 1 aromatic carbocycles. The van der Waals surface area contributed by atoms with Crippen molar-refractivity contribution in [3.05, 3.63) is 29.8 Å². The van der Waals surface area contributed by atoms with Gasteiger partial charge in [0.15, 0.2) is 0 Å². The van der Waals surface area contributed by atoms with Gasteiger partial charge in [-0.2, -0.15) is 0 Å². The number of rotatable bonds is 5. The first kappa shape index (κ1) is 16.2. The summed E-state index contributed by atoms with van der Waals surface area (Å²) < 4.78 is 5.87. The molecule has 3 rings (SSSR count). The van der Waals surface area contributed by atoms with Crippen molar-refractivity contribution in [2.75, 3.05) is 19.7 Å². The molecule has 0 spiro atoms. The van der Waals surface area contributed by atoms with Crippen molar-refractivity contribution in [3.63, 3.8) is 0 Å². The lowest BCUT2D eigenvalue weighted by Gasteiger charge is -2.29. The van der Waals surface area contributed by atoms with Gasteiger partial charge < -0.3 is 14.7 Å². The molecule has 1 aliphatic carbocycles. The Bertz CT molecular complexity index is 500. The average molecular weight is 317 g/mol. The monoisotopic (exact) mass is 317 g/mol. The van der Waals surface area contributed by atoms with Gasteiger partial charge >= 0.3 is 6.09 Å². The molecule has 0 atom stereocenters. The zero-order valence-electron chi connectivity index (χ0n) is 13.7. The first-order chi connectivity index (χ1) is 11.2. The summed E-state index contributed by atoms with van der Waals surface area (Å²) in [6.45, 7) is 2.05. The fourth-order valence-electron chi connectivity index (χ4n) is 3.85. The molecule has 0 radical (unpaired) electrons. The fourth-order valence-corrected chi connectivity index (χ4v) is 3.85. The summed E-state index contributed by atoms with van der Waals surface area (Å²) in [7, 11) is 0. The van der Waals surface area contributed by atoms with E-state index in [-0.39, 0.29) is 0 Å². The van der Waals surface area contributed by atoms with Gasteiger partial charge in [-0.3, -0.25) is 0 Å². The minimum atomic E-state index is -0.790. The predicted molar refractivity (Wildman–Crippen MR) is 90.1 cm³/mol. The molecule has 1 N–H and O–H groups in total. The van der Waals surface area contributed by atoms with Crippen molar-refractivity contribution in [1.29, 1.82) is 0 Å². The van der Waals surface area contributed by atoms with Gasteiger partial charge in [0.25, 0.3) is 0 Å². The summed E-state index contributed by atoms with van der Waals surface area (Å²) in [6.07, 6.45) is 7.52. The maximum atomic E-state index is 10.9. The van der Waals surface area contributed by atoms with Crippen molar-refractivity contribution in [2.45, 2.75) is 50.9 Å². The lowest BCUT2D eigenvalue weighted by Crippen LogP contribution is -2.37. The summed E-state index contributed by atoms with van der Waals surface area (Å²) in [5.41, 5.74) is 1.45. The van der Waals surface area contributed by atoms with E-state index in [1.165, 1.54) is 36.1 Å². The van der Waals surface area contributed by atoms with E-state index in [9.17, 15) is 4.79 Å². The van der Waals surface area contributed by atoms with Gasteiger partial charge in [0, 0.05) is 13.1 Å². The number of nitrogens with zero attached hydrogens (tertiary/aromatic N) is 1. The van der Waals surface area contributed by atoms with Gasteiger partial charge in [0.1, 0.15) is 5.75 Å². The van der Waals surface area contributed by atoms with Crippen LogP contribution in [0.5, 0.6) is 5.75 Å². The van der Waals surface area contributed by atoms with Crippen LogP contribution in [-0.4, -0.2) is 35.8 Å². The smallest absolute Gasteiger partial charge is 0.407 e. The summed E-state index contributed by atoms with van der Waals surface area (Å²) in [5, 5.41) is 8.95. The van der Waals surface area contributed by atoms with Crippen LogP contribution in [-0.2, 0) is 0 Å². The molecule has 1 saturated carbocycles. The van der Waals surface area contributed by atoms with E-state index in [4.69, 9.17) is 9.84 Å². The van der Waals surface area contributed by atoms with Crippen molar-refractivity contribution in [3.8, 4) is 5.75 Å². The molecule has 0 unspecified atom stereocenters. The lowest BCUT2D eigenvalue weighted by atomic mass is 9.94. The topological polar surface area (TPSA) is 49.8 Å². The Hall–Kier alpha value is -1.71. The third-order valence-electron chi connectivity index (χ3n) is 5.39. The van der Waals surface area contributed by atoms with Crippen LogP contribution in [0.15, 0.2) is 24.3 Å². The average Bonchev–Trinajstić information content (AvgIpc) is 3.10. The Morgan fingerprint density at radius 2 is 1.74 bits per heavy atom. The number of carboxylic acid groups (broad SMARTS) is 1. The molecule has 0 bridgehead atoms. The summed E-state index contributed by atoms with van der Waals surface area (Å²) in [6, 6.07) is 8.63. The standard InChI is InChI=1S/C19H27NO3/c21-19(22)20-12-9-15(10-13-20)11-14-23-18-7-5-17(6-8-18)16-3-1-2-4-16/h5-8,15-16H,1-4,9-14H2,(H,21,22). The van der Waals surface area contributed by atoms with E-state index in [1.54, 1.807) is 0 Å². The second-order valence-electron chi connectivity index (χ2n) is 6.90. The molecule has 23 heavy (non-hydrogen) atoms. The molecule has 2 fully saturated rings. The van der Waals surface area contributed by atoms with E-state index in [2.05, 4.69) is 24.3 Å². The highest BCUT2D eigenvalue weighted by atomic mass is 16.5. The fraction of sp³-hybridized carbons (Fsp3) is 0.632. The van der Waals surface area contributed by atoms with Crippen LogP contribution in [0.4, 0.5) is 4.79 Å². The largest absolute Gasteiger partial charge is 0.494 e. The van der Waals surface area contributed by atoms with Crippen LogP contribution in [0.2, 0.25) is 0 Å². The molecular weight excluding hydrogens is 290 g/mol. The third-order valence-corrected chi connectivity index (χ3v) is 5.39. The molecule has 1 amide bonds. The molecule has 4 heteroatoms. The quantitative estimate of drug-likeness (QED) is 0.869. The van der Waals surface area contributed by atoms with E-state index >= 15 is 0 Å². The number of hydrogen-bond acceptors (Lipinski definition) is 2. The highest BCUT2D eigenvalue weighted by Crippen LogP contribution is 2.34. The van der Waals surface area contributed by atoms with Gasteiger partial charge in [0.2, 0.25) is 0 Å². The zero-order valence-corrected chi connectivity index (χ0v) is 13.7. The molecule has 126 valence electrons. The number of carbonyl (C=O) groups is 1. The highest BCUT2D eigenvalue weighted by molar-refractivity contribution is 5.64. The maximum Gasteiger partial charge on any atom is 0.407 e. The predicted octanol–water partition coefficient (Wildman–Crippen LogP) is 4.50. The van der Waals surface area contributed by atoms with E-state index in [0.717, 1.165) is 37.5 Å². The highest BCUT2D eigenvalue weighted by Gasteiger charge is 2.22. The molecular formula is C19H27NO3. The van der Waals surface area contributed by atoms with Crippen LogP contribution in [0, 0.1) is 5.92 Å². The number of piperidine rings is 1. The SMILES string of the molecule is O=C(O)N1CCC(CCOc2ccc(C3CCCC3)cc2)CC1. The zero-order chi connectivity index (χ0) is 16.1. The molecule has 2 aliphatic rings. The summed E-state index contributed by atoms with van der Waals surface area (Å²) in [4.78, 5) is 12.4. The van der Waals surface area contributed by atoms with Crippen molar-refractivity contribution in [2.24, 2.45) is 5.92 Å². The lowest BCUT2D eigenvalue weighted by molar-refractivity contribution is 0.119. The van der Waals surface area contributed by atoms with Crippen molar-refractivity contribution in [1.82, 2.24) is 4.90 Å². The number of ether oxygens (including phenoxy) is 1. The minimum Gasteiger partial charge on any atom is -0.494 e. The Balaban J connectivity index is 1.38. The van der Waals surface area contributed by atoms with Crippen LogP contribution in [0.3, 0.4) is 0 Å². The van der Waals surface area contributed by atoms with E-state index in [1.807, 2.05) is 0 Å². The minimum absolute atomic E-state index is 0.586. The van der Waals surface area contributed by atoms with Gasteiger partial charge in [-0.05, 0) is 61.6 Å².